The highest BCUT2D eigenvalue weighted by molar-refractivity contribution is 5.39. The molecule has 0 N–H and O–H groups in total. The van der Waals surface area contributed by atoms with Gasteiger partial charge in [-0.3, -0.25) is 24.5 Å². The zero-order chi connectivity index (χ0) is 39.3. The second-order valence-electron chi connectivity index (χ2n) is 13.2. The fraction of sp³-hybridized carbons (Fsp3) is 0.333. The average Bonchev–Trinajstić information content (AvgIpc) is 3.12. The van der Waals surface area contributed by atoms with Gasteiger partial charge in [-0.2, -0.15) is 0 Å². The van der Waals surface area contributed by atoms with Crippen LogP contribution in [0.3, 0.4) is 0 Å². The molecule has 0 saturated carbocycles. The number of hydrogen-bond acceptors (Lipinski definition) is 5. The van der Waals surface area contributed by atoms with E-state index in [-0.39, 0.29) is 0 Å². The first-order valence-corrected chi connectivity index (χ1v) is 18.7. The van der Waals surface area contributed by atoms with Crippen molar-refractivity contribution in [3.05, 3.63) is 196 Å². The summed E-state index contributed by atoms with van der Waals surface area (Å²) in [7, 11) is 0. The Morgan fingerprint density at radius 2 is 0.547 bits per heavy atom. The third kappa shape index (κ3) is 19.3. The maximum atomic E-state index is 3.92. The number of rotatable bonds is 30. The van der Waals surface area contributed by atoms with Crippen LogP contribution in [0.1, 0.15) is 33.4 Å². The third-order valence-electron chi connectivity index (χ3n) is 8.58. The van der Waals surface area contributed by atoms with Crippen LogP contribution in [0.25, 0.3) is 0 Å². The zero-order valence-corrected chi connectivity index (χ0v) is 33.2. The number of nitrogens with zero attached hydrogens (tertiary/aromatic N) is 5. The SMILES string of the molecule is C=CCN(CC=C)Cc1cc(CN(CC=C)CC=C)c(C)c(CN(CC=C)CC=C)c1.C=CCN(CC=C)Cc1ccc(CN(CC=C)CC=C)cc1. The fourth-order valence-electron chi connectivity index (χ4n) is 6.18. The largest absolute Gasteiger partial charge is 0.292 e. The molecule has 0 heterocycles. The number of benzene rings is 2. The summed E-state index contributed by atoms with van der Waals surface area (Å²) in [6.45, 7) is 53.9. The molecule has 0 saturated heterocycles. The highest BCUT2D eigenvalue weighted by Crippen LogP contribution is 2.22. The van der Waals surface area contributed by atoms with E-state index in [1.807, 2.05) is 60.8 Å². The van der Waals surface area contributed by atoms with Crippen LogP contribution >= 0.6 is 0 Å². The van der Waals surface area contributed by atoms with Gasteiger partial charge in [0.25, 0.3) is 0 Å². The molecule has 2 aromatic carbocycles. The highest BCUT2D eigenvalue weighted by Gasteiger charge is 2.14. The smallest absolute Gasteiger partial charge is 0.0243 e. The van der Waals surface area contributed by atoms with Gasteiger partial charge in [0.05, 0.1) is 0 Å². The Bertz CT molecular complexity index is 1290. The minimum Gasteiger partial charge on any atom is -0.292 e. The summed E-state index contributed by atoms with van der Waals surface area (Å²) in [5.41, 5.74) is 7.99. The van der Waals surface area contributed by atoms with Crippen molar-refractivity contribution >= 4 is 0 Å². The first kappa shape index (κ1) is 46.7. The molecule has 0 spiro atoms. The van der Waals surface area contributed by atoms with E-state index in [9.17, 15) is 0 Å². The van der Waals surface area contributed by atoms with Crippen molar-refractivity contribution in [3.63, 3.8) is 0 Å². The lowest BCUT2D eigenvalue weighted by atomic mass is 9.97. The van der Waals surface area contributed by atoms with Gasteiger partial charge in [-0.05, 0) is 40.3 Å². The van der Waals surface area contributed by atoms with Crippen LogP contribution in [-0.2, 0) is 32.7 Å². The summed E-state index contributed by atoms with van der Waals surface area (Å²) < 4.78 is 0. The van der Waals surface area contributed by atoms with E-state index in [1.54, 1.807) is 0 Å². The fourth-order valence-corrected chi connectivity index (χ4v) is 6.18. The molecular formula is C48H69N5. The molecule has 0 aliphatic rings. The molecule has 5 nitrogen and oxygen atoms in total. The summed E-state index contributed by atoms with van der Waals surface area (Å²) in [4.78, 5) is 11.7. The normalized spacial score (nSPS) is 10.8. The van der Waals surface area contributed by atoms with E-state index in [1.165, 1.54) is 33.4 Å². The van der Waals surface area contributed by atoms with Gasteiger partial charge < -0.3 is 0 Å². The minimum atomic E-state index is 0.836. The van der Waals surface area contributed by atoms with Crippen molar-refractivity contribution in [2.75, 3.05) is 65.4 Å². The van der Waals surface area contributed by atoms with Crippen LogP contribution in [0.4, 0.5) is 0 Å². The van der Waals surface area contributed by atoms with E-state index < -0.39 is 0 Å². The standard InChI is InChI=1S/C28H41N3.C20H28N2/c1-8-14-29(15-9-2)22-26-20-27(23-30(16-10-3)17-11-4)25(7)28(21-26)24-31(18-12-5)19-13-6;1-5-13-21(14-6-2)17-19-9-11-20(12-10-19)18-22(15-7-3)16-8-4/h8-13,20-21H,1-6,14-19,22-24H2,7H3;5-12H,1-4,13-18H2. The van der Waals surface area contributed by atoms with Gasteiger partial charge in [-0.25, -0.2) is 0 Å². The Hall–Kier alpha value is -4.36. The van der Waals surface area contributed by atoms with Gasteiger partial charge in [0.1, 0.15) is 0 Å². The summed E-state index contributed by atoms with van der Waals surface area (Å²) in [6.07, 6.45) is 19.4. The van der Waals surface area contributed by atoms with E-state index in [0.29, 0.717) is 0 Å². The van der Waals surface area contributed by atoms with Crippen LogP contribution in [-0.4, -0.2) is 89.9 Å². The molecule has 286 valence electrons. The Morgan fingerprint density at radius 1 is 0.340 bits per heavy atom. The van der Waals surface area contributed by atoms with Crippen LogP contribution in [0.5, 0.6) is 0 Å². The first-order chi connectivity index (χ1) is 25.7. The maximum Gasteiger partial charge on any atom is 0.0243 e. The molecule has 0 aliphatic carbocycles. The van der Waals surface area contributed by atoms with Gasteiger partial charge in [0.2, 0.25) is 0 Å². The van der Waals surface area contributed by atoms with E-state index in [2.05, 4.69) is 134 Å². The molecule has 0 fully saturated rings. The Morgan fingerprint density at radius 3 is 0.774 bits per heavy atom. The van der Waals surface area contributed by atoms with Crippen molar-refractivity contribution in [1.82, 2.24) is 24.5 Å². The predicted octanol–water partition coefficient (Wildman–Crippen LogP) is 9.55. The summed E-state index contributed by atoms with van der Waals surface area (Å²) in [5.74, 6) is 0. The van der Waals surface area contributed by atoms with Crippen LogP contribution in [0.2, 0.25) is 0 Å². The third-order valence-corrected chi connectivity index (χ3v) is 8.58. The average molecular weight is 716 g/mol. The molecule has 5 heteroatoms. The molecule has 0 amide bonds. The Labute approximate surface area is 325 Å². The molecule has 2 aromatic rings. The molecule has 53 heavy (non-hydrogen) atoms. The Balaban J connectivity index is 0.000000561. The molecule has 0 atom stereocenters. The number of hydrogen-bond donors (Lipinski definition) is 0. The van der Waals surface area contributed by atoms with Crippen molar-refractivity contribution in [1.29, 1.82) is 0 Å². The van der Waals surface area contributed by atoms with Crippen molar-refractivity contribution < 1.29 is 0 Å². The highest BCUT2D eigenvalue weighted by atomic mass is 15.1. The summed E-state index contributed by atoms with van der Waals surface area (Å²) in [6, 6.07) is 13.5. The molecule has 0 radical (unpaired) electrons. The van der Waals surface area contributed by atoms with Gasteiger partial charge in [0, 0.05) is 98.2 Å². The lowest BCUT2D eigenvalue weighted by Crippen LogP contribution is -2.27. The first-order valence-electron chi connectivity index (χ1n) is 18.7. The minimum absolute atomic E-state index is 0.836. The monoisotopic (exact) mass is 716 g/mol. The predicted molar refractivity (Wildman–Crippen MR) is 236 cm³/mol. The summed E-state index contributed by atoms with van der Waals surface area (Å²) in [5, 5.41) is 0. The lowest BCUT2D eigenvalue weighted by Gasteiger charge is -2.26. The molecule has 2 rings (SSSR count). The second-order valence-corrected chi connectivity index (χ2v) is 13.2. The van der Waals surface area contributed by atoms with Crippen LogP contribution in [0.15, 0.2) is 163 Å². The van der Waals surface area contributed by atoms with E-state index in [4.69, 9.17) is 0 Å². The zero-order valence-electron chi connectivity index (χ0n) is 33.2. The Kier molecular flexibility index (Phi) is 25.7. The molecule has 0 aliphatic heterocycles. The van der Waals surface area contributed by atoms with Gasteiger partial charge in [-0.1, -0.05) is 97.2 Å². The molecule has 0 aromatic heterocycles. The van der Waals surface area contributed by atoms with Crippen molar-refractivity contribution in [2.24, 2.45) is 0 Å². The maximum absolute atomic E-state index is 3.92. The van der Waals surface area contributed by atoms with Gasteiger partial charge in [-0.15, -0.1) is 65.8 Å². The van der Waals surface area contributed by atoms with E-state index >= 15 is 0 Å². The van der Waals surface area contributed by atoms with Crippen molar-refractivity contribution in [2.45, 2.75) is 39.6 Å². The molecule has 0 unspecified atom stereocenters. The topological polar surface area (TPSA) is 16.2 Å². The van der Waals surface area contributed by atoms with Crippen LogP contribution < -0.4 is 0 Å². The van der Waals surface area contributed by atoms with Crippen LogP contribution in [0, 0.1) is 6.92 Å². The molecule has 0 bridgehead atoms. The van der Waals surface area contributed by atoms with Gasteiger partial charge in [0.15, 0.2) is 0 Å². The second kappa shape index (κ2) is 29.1. The van der Waals surface area contributed by atoms with E-state index in [0.717, 1.165) is 98.2 Å². The lowest BCUT2D eigenvalue weighted by molar-refractivity contribution is 0.316. The quantitative estimate of drug-likeness (QED) is 0.0747. The summed E-state index contributed by atoms with van der Waals surface area (Å²) >= 11 is 0. The molecular weight excluding hydrogens is 647 g/mol. The van der Waals surface area contributed by atoms with Gasteiger partial charge >= 0.3 is 0 Å². The van der Waals surface area contributed by atoms with Crippen molar-refractivity contribution in [3.8, 4) is 0 Å².